The summed E-state index contributed by atoms with van der Waals surface area (Å²) in [5.41, 5.74) is 0. The van der Waals surface area contributed by atoms with Crippen molar-refractivity contribution in [3.63, 3.8) is 0 Å². The quantitative estimate of drug-likeness (QED) is 0.161. The van der Waals surface area contributed by atoms with Gasteiger partial charge in [-0.05, 0) is 19.8 Å². The van der Waals surface area contributed by atoms with Crippen LogP contribution in [-0.4, -0.2) is 74.7 Å². The molecule has 1 aromatic heterocycles. The van der Waals surface area contributed by atoms with Crippen LogP contribution in [0.4, 0.5) is 0 Å². The number of rotatable bonds is 11. The van der Waals surface area contributed by atoms with E-state index in [1.807, 2.05) is 23.3 Å². The van der Waals surface area contributed by atoms with Gasteiger partial charge >= 0.3 is 0 Å². The van der Waals surface area contributed by atoms with Crippen LogP contribution in [-0.2, 0) is 9.47 Å². The minimum atomic E-state index is 0. The van der Waals surface area contributed by atoms with Crippen LogP contribution in [0.3, 0.4) is 0 Å². The van der Waals surface area contributed by atoms with Gasteiger partial charge in [-0.25, -0.2) is 4.98 Å². The summed E-state index contributed by atoms with van der Waals surface area (Å²) in [6.07, 6.45) is 4.09. The Labute approximate surface area is 182 Å². The van der Waals surface area contributed by atoms with Crippen molar-refractivity contribution >= 4 is 53.0 Å². The van der Waals surface area contributed by atoms with Crippen LogP contribution in [0.25, 0.3) is 0 Å². The van der Waals surface area contributed by atoms with E-state index >= 15 is 0 Å². The third kappa shape index (κ3) is 9.20. The molecule has 1 N–H and O–H groups in total. The molecule has 0 radical (unpaired) electrons. The van der Waals surface area contributed by atoms with Crippen LogP contribution < -0.4 is 5.32 Å². The van der Waals surface area contributed by atoms with Crippen LogP contribution >= 0.6 is 47.1 Å². The molecular weight excluding hydrogens is 483 g/mol. The van der Waals surface area contributed by atoms with E-state index < -0.39 is 0 Å². The number of halogens is 1. The number of nitrogens with zero attached hydrogens (tertiary/aromatic N) is 3. The Balaban J connectivity index is 0.00000338. The van der Waals surface area contributed by atoms with Crippen LogP contribution in [0.2, 0.25) is 0 Å². The van der Waals surface area contributed by atoms with E-state index in [1.54, 1.807) is 18.4 Å². The molecule has 9 heteroatoms. The molecule has 1 fully saturated rings. The molecule has 1 aliphatic rings. The van der Waals surface area contributed by atoms with E-state index in [4.69, 9.17) is 14.5 Å². The van der Waals surface area contributed by atoms with Crippen LogP contribution in [0.5, 0.6) is 0 Å². The molecule has 0 saturated carbocycles. The van der Waals surface area contributed by atoms with Crippen molar-refractivity contribution in [2.45, 2.75) is 24.1 Å². The number of guanidine groups is 1. The average molecular weight is 514 g/mol. The van der Waals surface area contributed by atoms with Crippen molar-refractivity contribution in [2.24, 2.45) is 10.9 Å². The van der Waals surface area contributed by atoms with Gasteiger partial charge in [0.2, 0.25) is 0 Å². The number of ether oxygens (including phenoxy) is 2. The number of thioether (sulfide) groups is 1. The number of hydrogen-bond acceptors (Lipinski definition) is 6. The summed E-state index contributed by atoms with van der Waals surface area (Å²) in [5.74, 6) is 2.69. The van der Waals surface area contributed by atoms with Crippen molar-refractivity contribution in [1.29, 1.82) is 0 Å². The largest absolute Gasteiger partial charge is 0.382 e. The molecule has 1 saturated heterocycles. The highest BCUT2D eigenvalue weighted by Crippen LogP contribution is 2.21. The molecule has 0 amide bonds. The maximum atomic E-state index is 5.67. The lowest BCUT2D eigenvalue weighted by molar-refractivity contribution is 0.0536. The first-order valence-electron chi connectivity index (χ1n) is 8.95. The Hall–Kier alpha value is -0.100. The normalized spacial score (nSPS) is 17.4. The second kappa shape index (κ2) is 14.9. The van der Waals surface area contributed by atoms with Crippen molar-refractivity contribution in [1.82, 2.24) is 15.2 Å². The number of hydrogen-bond donors (Lipinski definition) is 1. The Morgan fingerprint density at radius 2 is 2.38 bits per heavy atom. The van der Waals surface area contributed by atoms with Gasteiger partial charge in [-0.1, -0.05) is 11.8 Å². The highest BCUT2D eigenvalue weighted by Gasteiger charge is 2.24. The maximum Gasteiger partial charge on any atom is 0.193 e. The van der Waals surface area contributed by atoms with E-state index in [2.05, 4.69) is 22.1 Å². The Kier molecular flexibility index (Phi) is 13.7. The monoisotopic (exact) mass is 514 g/mol. The number of likely N-dealkylation sites (tertiary alicyclic amines) is 1. The summed E-state index contributed by atoms with van der Waals surface area (Å²) in [4.78, 5) is 11.5. The lowest BCUT2D eigenvalue weighted by atomic mass is 10.1. The topological polar surface area (TPSA) is 59.0 Å². The van der Waals surface area contributed by atoms with E-state index in [0.717, 1.165) is 61.7 Å². The van der Waals surface area contributed by atoms with E-state index in [-0.39, 0.29) is 24.0 Å². The molecule has 1 atom stereocenters. The first kappa shape index (κ1) is 23.9. The zero-order valence-corrected chi connectivity index (χ0v) is 19.6. The zero-order chi connectivity index (χ0) is 17.7. The van der Waals surface area contributed by atoms with Gasteiger partial charge in [0, 0.05) is 56.5 Å². The third-order valence-electron chi connectivity index (χ3n) is 3.90. The predicted octanol–water partition coefficient (Wildman–Crippen LogP) is 3.19. The van der Waals surface area contributed by atoms with E-state index in [1.165, 1.54) is 0 Å². The number of nitrogens with one attached hydrogen (secondary N) is 1. The van der Waals surface area contributed by atoms with E-state index in [0.29, 0.717) is 19.1 Å². The standard InChI is InChI=1S/C17H30N4O2S2.HI/c1-3-18-16(19-6-4-11-24-17-20-7-12-25-17)21-8-5-15(13-21)14-23-10-9-22-2;/h7,12,15H,3-6,8-11,13-14H2,1-2H3,(H,18,19);1H. The van der Waals surface area contributed by atoms with Gasteiger partial charge in [-0.3, -0.25) is 4.99 Å². The van der Waals surface area contributed by atoms with E-state index in [9.17, 15) is 0 Å². The molecule has 2 rings (SSSR count). The Morgan fingerprint density at radius 3 is 3.12 bits per heavy atom. The molecule has 0 aliphatic carbocycles. The van der Waals surface area contributed by atoms with Gasteiger partial charge in [0.1, 0.15) is 4.34 Å². The van der Waals surface area contributed by atoms with Gasteiger partial charge in [0.15, 0.2) is 5.96 Å². The lowest BCUT2D eigenvalue weighted by Crippen LogP contribution is -2.40. The fourth-order valence-electron chi connectivity index (χ4n) is 2.67. The van der Waals surface area contributed by atoms with Gasteiger partial charge < -0.3 is 19.7 Å². The molecule has 2 heterocycles. The first-order valence-corrected chi connectivity index (χ1v) is 10.8. The number of methoxy groups -OCH3 is 1. The summed E-state index contributed by atoms with van der Waals surface area (Å²) in [5, 5.41) is 5.44. The molecule has 6 nitrogen and oxygen atoms in total. The minimum absolute atomic E-state index is 0. The third-order valence-corrected chi connectivity index (χ3v) is 5.96. The average Bonchev–Trinajstić information content (AvgIpc) is 3.29. The van der Waals surface area contributed by atoms with Crippen molar-refractivity contribution in [2.75, 3.05) is 58.9 Å². The van der Waals surface area contributed by atoms with Gasteiger partial charge in [0.05, 0.1) is 19.8 Å². The highest BCUT2D eigenvalue weighted by atomic mass is 127. The second-order valence-corrected chi connectivity index (χ2v) is 8.14. The van der Waals surface area contributed by atoms with Crippen LogP contribution in [0, 0.1) is 5.92 Å². The van der Waals surface area contributed by atoms with Gasteiger partial charge in [0.25, 0.3) is 0 Å². The zero-order valence-electron chi connectivity index (χ0n) is 15.7. The highest BCUT2D eigenvalue weighted by molar-refractivity contribution is 14.0. The van der Waals surface area contributed by atoms with Crippen molar-refractivity contribution in [3.05, 3.63) is 11.6 Å². The molecule has 0 spiro atoms. The second-order valence-electron chi connectivity index (χ2n) is 5.90. The molecule has 1 unspecified atom stereocenters. The molecule has 1 aromatic rings. The van der Waals surface area contributed by atoms with Crippen molar-refractivity contribution in [3.8, 4) is 0 Å². The summed E-state index contributed by atoms with van der Waals surface area (Å²) in [7, 11) is 1.70. The summed E-state index contributed by atoms with van der Waals surface area (Å²) in [6.45, 7) is 8.10. The molecule has 26 heavy (non-hydrogen) atoms. The molecule has 1 aliphatic heterocycles. The Bertz CT molecular complexity index is 491. The van der Waals surface area contributed by atoms with Crippen molar-refractivity contribution < 1.29 is 9.47 Å². The fraction of sp³-hybridized carbons (Fsp3) is 0.765. The lowest BCUT2D eigenvalue weighted by Gasteiger charge is -2.21. The van der Waals surface area contributed by atoms with Crippen LogP contribution in [0.15, 0.2) is 20.9 Å². The molecular formula is C17H31IN4O2S2. The molecule has 0 aromatic carbocycles. The smallest absolute Gasteiger partial charge is 0.193 e. The Morgan fingerprint density at radius 1 is 1.50 bits per heavy atom. The number of thiazole rings is 1. The predicted molar refractivity (Wildman–Crippen MR) is 121 cm³/mol. The maximum absolute atomic E-state index is 5.67. The first-order chi connectivity index (χ1) is 12.3. The van der Waals surface area contributed by atoms with Crippen LogP contribution in [0.1, 0.15) is 19.8 Å². The summed E-state index contributed by atoms with van der Waals surface area (Å²) in [6, 6.07) is 0. The van der Waals surface area contributed by atoms with Gasteiger partial charge in [-0.2, -0.15) is 0 Å². The molecule has 0 bridgehead atoms. The number of aromatic nitrogens is 1. The fourth-order valence-corrected chi connectivity index (χ4v) is 4.30. The summed E-state index contributed by atoms with van der Waals surface area (Å²) < 4.78 is 11.8. The SMILES string of the molecule is CCNC(=NCCCSc1nccs1)N1CCC(COCCOC)C1.I. The molecule has 150 valence electrons. The minimum Gasteiger partial charge on any atom is -0.382 e. The summed E-state index contributed by atoms with van der Waals surface area (Å²) >= 11 is 3.52. The van der Waals surface area contributed by atoms with Gasteiger partial charge in [-0.15, -0.1) is 35.3 Å². The number of aliphatic imine (C=N–C) groups is 1.